The Morgan fingerprint density at radius 3 is 2.54 bits per heavy atom. The number of hydrogen-bond acceptors (Lipinski definition) is 4. The summed E-state index contributed by atoms with van der Waals surface area (Å²) in [4.78, 5) is 9.42. The predicted octanol–water partition coefficient (Wildman–Crippen LogP) is 1.93. The van der Waals surface area contributed by atoms with Crippen LogP contribution in [0.3, 0.4) is 0 Å². The van der Waals surface area contributed by atoms with Crippen molar-refractivity contribution >= 4 is 29.9 Å². The van der Waals surface area contributed by atoms with E-state index >= 15 is 0 Å². The molecule has 0 aromatic heterocycles. The molecule has 2 fully saturated rings. The van der Waals surface area contributed by atoms with Crippen LogP contribution in [0.2, 0.25) is 0 Å². The van der Waals surface area contributed by atoms with E-state index in [4.69, 9.17) is 9.47 Å². The van der Waals surface area contributed by atoms with Gasteiger partial charge in [-0.05, 0) is 17.5 Å². The lowest BCUT2D eigenvalue weighted by Crippen LogP contribution is -2.46. The zero-order chi connectivity index (χ0) is 17.5. The van der Waals surface area contributed by atoms with Crippen molar-refractivity contribution in [2.24, 2.45) is 4.99 Å². The molecule has 1 atom stereocenters. The van der Waals surface area contributed by atoms with E-state index in [1.807, 2.05) is 7.05 Å². The monoisotopic (exact) mass is 474 g/mol. The number of nitrogens with zero attached hydrogens (tertiary/aromatic N) is 3. The second-order valence-electron chi connectivity index (χ2n) is 6.69. The zero-order valence-electron chi connectivity index (χ0n) is 15.8. The van der Waals surface area contributed by atoms with E-state index in [1.54, 1.807) is 7.11 Å². The SMILES string of the molecule is CN=C(NCc1ccc(COC)cc1)N1CCC(N2CCOCC2)C1.I. The molecule has 146 valence electrons. The van der Waals surface area contributed by atoms with Crippen molar-refractivity contribution in [1.82, 2.24) is 15.1 Å². The Morgan fingerprint density at radius 2 is 1.88 bits per heavy atom. The topological polar surface area (TPSA) is 49.3 Å². The Kier molecular flexibility index (Phi) is 9.10. The molecule has 2 heterocycles. The molecule has 7 heteroatoms. The maximum absolute atomic E-state index is 5.47. The Bertz CT molecular complexity index is 561. The third-order valence-corrected chi connectivity index (χ3v) is 5.02. The van der Waals surface area contributed by atoms with Crippen molar-refractivity contribution in [3.05, 3.63) is 35.4 Å². The van der Waals surface area contributed by atoms with Gasteiger partial charge in [0.05, 0.1) is 19.8 Å². The van der Waals surface area contributed by atoms with Gasteiger partial charge in [0, 0.05) is 52.9 Å². The molecule has 2 aliphatic rings. The number of likely N-dealkylation sites (tertiary alicyclic amines) is 1. The quantitative estimate of drug-likeness (QED) is 0.402. The fourth-order valence-corrected chi connectivity index (χ4v) is 3.61. The molecule has 26 heavy (non-hydrogen) atoms. The van der Waals surface area contributed by atoms with Crippen LogP contribution in [0.4, 0.5) is 0 Å². The van der Waals surface area contributed by atoms with E-state index in [0.717, 1.165) is 51.9 Å². The number of nitrogens with one attached hydrogen (secondary N) is 1. The van der Waals surface area contributed by atoms with Crippen LogP contribution < -0.4 is 5.32 Å². The summed E-state index contributed by atoms with van der Waals surface area (Å²) in [6.07, 6.45) is 1.20. The number of benzene rings is 1. The largest absolute Gasteiger partial charge is 0.380 e. The molecule has 6 nitrogen and oxygen atoms in total. The van der Waals surface area contributed by atoms with E-state index in [2.05, 4.69) is 44.4 Å². The number of halogens is 1. The summed E-state index contributed by atoms with van der Waals surface area (Å²) >= 11 is 0. The average molecular weight is 474 g/mol. The first-order chi connectivity index (χ1) is 12.3. The standard InChI is InChI=1S/C19H30N4O2.HI/c1-20-19(21-13-16-3-5-17(6-4-16)15-24-2)23-8-7-18(14-23)22-9-11-25-12-10-22;/h3-6,18H,7-15H2,1-2H3,(H,20,21);1H. The van der Waals surface area contributed by atoms with E-state index < -0.39 is 0 Å². The lowest BCUT2D eigenvalue weighted by molar-refractivity contribution is 0.0195. The molecule has 0 amide bonds. The van der Waals surface area contributed by atoms with E-state index in [9.17, 15) is 0 Å². The number of aliphatic imine (C=N–C) groups is 1. The fraction of sp³-hybridized carbons (Fsp3) is 0.632. The number of guanidine groups is 1. The highest BCUT2D eigenvalue weighted by atomic mass is 127. The van der Waals surface area contributed by atoms with Gasteiger partial charge in [0.15, 0.2) is 5.96 Å². The summed E-state index contributed by atoms with van der Waals surface area (Å²) in [5.74, 6) is 0.997. The van der Waals surface area contributed by atoms with Gasteiger partial charge in [0.2, 0.25) is 0 Å². The third kappa shape index (κ3) is 5.80. The van der Waals surface area contributed by atoms with Crippen molar-refractivity contribution < 1.29 is 9.47 Å². The molecule has 2 saturated heterocycles. The van der Waals surface area contributed by atoms with E-state index in [0.29, 0.717) is 12.6 Å². The maximum atomic E-state index is 5.47. The van der Waals surface area contributed by atoms with Crippen molar-refractivity contribution in [1.29, 1.82) is 0 Å². The fourth-order valence-electron chi connectivity index (χ4n) is 3.61. The molecule has 0 spiro atoms. The average Bonchev–Trinajstić information content (AvgIpc) is 3.15. The molecule has 0 radical (unpaired) electrons. The van der Waals surface area contributed by atoms with Crippen LogP contribution in [0.5, 0.6) is 0 Å². The number of morpholine rings is 1. The number of rotatable bonds is 5. The molecule has 0 bridgehead atoms. The second-order valence-corrected chi connectivity index (χ2v) is 6.69. The summed E-state index contributed by atoms with van der Waals surface area (Å²) in [5, 5.41) is 3.50. The lowest BCUT2D eigenvalue weighted by Gasteiger charge is -2.32. The van der Waals surface area contributed by atoms with Crippen LogP contribution in [0.25, 0.3) is 0 Å². The summed E-state index contributed by atoms with van der Waals surface area (Å²) in [6, 6.07) is 9.15. The second kappa shape index (κ2) is 11.1. The highest BCUT2D eigenvalue weighted by molar-refractivity contribution is 14.0. The Hall–Kier alpha value is -0.900. The van der Waals surface area contributed by atoms with Gasteiger partial charge >= 0.3 is 0 Å². The van der Waals surface area contributed by atoms with Gasteiger partial charge in [-0.3, -0.25) is 9.89 Å². The summed E-state index contributed by atoms with van der Waals surface area (Å²) < 4.78 is 10.6. The summed E-state index contributed by atoms with van der Waals surface area (Å²) in [5.41, 5.74) is 2.45. The van der Waals surface area contributed by atoms with Gasteiger partial charge in [-0.1, -0.05) is 24.3 Å². The van der Waals surface area contributed by atoms with Gasteiger partial charge in [0.25, 0.3) is 0 Å². The minimum absolute atomic E-state index is 0. The zero-order valence-corrected chi connectivity index (χ0v) is 18.1. The normalized spacial score (nSPS) is 21.5. The Morgan fingerprint density at radius 1 is 1.19 bits per heavy atom. The number of methoxy groups -OCH3 is 1. The molecule has 1 aromatic carbocycles. The minimum Gasteiger partial charge on any atom is -0.380 e. The highest BCUT2D eigenvalue weighted by Gasteiger charge is 2.30. The van der Waals surface area contributed by atoms with Crippen molar-refractivity contribution in [3.8, 4) is 0 Å². The van der Waals surface area contributed by atoms with Crippen LogP contribution in [0.15, 0.2) is 29.3 Å². The Balaban J connectivity index is 0.00000243. The molecule has 0 saturated carbocycles. The molecule has 0 aliphatic carbocycles. The molecule has 1 N–H and O–H groups in total. The summed E-state index contributed by atoms with van der Waals surface area (Å²) in [7, 11) is 3.59. The van der Waals surface area contributed by atoms with Crippen molar-refractivity contribution in [2.75, 3.05) is 53.6 Å². The highest BCUT2D eigenvalue weighted by Crippen LogP contribution is 2.17. The molecule has 3 rings (SSSR count). The summed E-state index contributed by atoms with van der Waals surface area (Å²) in [6.45, 7) is 7.40. The van der Waals surface area contributed by atoms with Gasteiger partial charge < -0.3 is 19.7 Å². The van der Waals surface area contributed by atoms with Crippen molar-refractivity contribution in [2.45, 2.75) is 25.6 Å². The molecule has 1 unspecified atom stereocenters. The van der Waals surface area contributed by atoms with Crippen LogP contribution >= 0.6 is 24.0 Å². The molecular formula is C19H31IN4O2. The van der Waals surface area contributed by atoms with Crippen LogP contribution in [0, 0.1) is 0 Å². The van der Waals surface area contributed by atoms with E-state index in [-0.39, 0.29) is 24.0 Å². The number of hydrogen-bond donors (Lipinski definition) is 1. The van der Waals surface area contributed by atoms with E-state index in [1.165, 1.54) is 17.5 Å². The predicted molar refractivity (Wildman–Crippen MR) is 115 cm³/mol. The van der Waals surface area contributed by atoms with Gasteiger partial charge in [-0.2, -0.15) is 0 Å². The number of ether oxygens (including phenoxy) is 2. The first-order valence-corrected chi connectivity index (χ1v) is 9.14. The smallest absolute Gasteiger partial charge is 0.193 e. The molecule has 1 aromatic rings. The first kappa shape index (κ1) is 21.4. The first-order valence-electron chi connectivity index (χ1n) is 9.14. The van der Waals surface area contributed by atoms with Crippen molar-refractivity contribution in [3.63, 3.8) is 0 Å². The van der Waals surface area contributed by atoms with Gasteiger partial charge in [-0.15, -0.1) is 24.0 Å². The third-order valence-electron chi connectivity index (χ3n) is 5.02. The van der Waals surface area contributed by atoms with Crippen LogP contribution in [-0.4, -0.2) is 75.4 Å². The maximum Gasteiger partial charge on any atom is 0.193 e. The minimum atomic E-state index is 0. The molecule has 2 aliphatic heterocycles. The Labute approximate surface area is 173 Å². The van der Waals surface area contributed by atoms with Crippen LogP contribution in [-0.2, 0) is 22.6 Å². The lowest BCUT2D eigenvalue weighted by atomic mass is 10.1. The van der Waals surface area contributed by atoms with Gasteiger partial charge in [0.1, 0.15) is 0 Å². The van der Waals surface area contributed by atoms with Crippen LogP contribution in [0.1, 0.15) is 17.5 Å². The molecular weight excluding hydrogens is 443 g/mol. The van der Waals surface area contributed by atoms with Gasteiger partial charge in [-0.25, -0.2) is 0 Å².